The number of carbonyl (C=O) groups is 2. The van der Waals surface area contributed by atoms with E-state index in [1.54, 1.807) is 25.1 Å². The quantitative estimate of drug-likeness (QED) is 0.821. The zero-order chi connectivity index (χ0) is 13.8. The second kappa shape index (κ2) is 6.00. The van der Waals surface area contributed by atoms with Crippen molar-refractivity contribution in [1.29, 1.82) is 0 Å². The van der Waals surface area contributed by atoms with Crippen molar-refractivity contribution in [2.75, 3.05) is 6.54 Å². The molecule has 1 aromatic carbocycles. The SMILES string of the molecule is CCCN(C=O)C(C)(C(=O)O)c1cccc(Br)c1. The Labute approximate surface area is 115 Å². The van der Waals surface area contributed by atoms with Crippen molar-refractivity contribution < 1.29 is 14.7 Å². The van der Waals surface area contributed by atoms with Crippen LogP contribution >= 0.6 is 15.9 Å². The summed E-state index contributed by atoms with van der Waals surface area (Å²) in [6, 6.07) is 7.01. The molecule has 1 atom stereocenters. The fourth-order valence-electron chi connectivity index (χ4n) is 1.83. The summed E-state index contributed by atoms with van der Waals surface area (Å²) in [6.45, 7) is 3.85. The van der Waals surface area contributed by atoms with Gasteiger partial charge < -0.3 is 10.0 Å². The van der Waals surface area contributed by atoms with Crippen LogP contribution in [0.15, 0.2) is 28.7 Å². The molecule has 5 heteroatoms. The molecule has 1 aromatic rings. The molecule has 1 rings (SSSR count). The number of hydrogen-bond acceptors (Lipinski definition) is 2. The molecule has 98 valence electrons. The molecule has 4 nitrogen and oxygen atoms in total. The molecule has 0 fully saturated rings. The van der Waals surface area contributed by atoms with Gasteiger partial charge in [-0.15, -0.1) is 0 Å². The predicted octanol–water partition coefficient (Wildman–Crippen LogP) is 2.62. The van der Waals surface area contributed by atoms with Gasteiger partial charge in [0.1, 0.15) is 0 Å². The number of benzene rings is 1. The maximum absolute atomic E-state index is 11.6. The fourth-order valence-corrected chi connectivity index (χ4v) is 2.23. The van der Waals surface area contributed by atoms with Crippen LogP contribution in [0.5, 0.6) is 0 Å². The number of carboxylic acids is 1. The van der Waals surface area contributed by atoms with E-state index in [0.29, 0.717) is 24.9 Å². The summed E-state index contributed by atoms with van der Waals surface area (Å²) in [7, 11) is 0. The molecular weight excluding hydrogens is 298 g/mol. The van der Waals surface area contributed by atoms with Gasteiger partial charge in [-0.05, 0) is 31.0 Å². The topological polar surface area (TPSA) is 57.6 Å². The average Bonchev–Trinajstić information content (AvgIpc) is 2.34. The van der Waals surface area contributed by atoms with E-state index in [9.17, 15) is 14.7 Å². The lowest BCUT2D eigenvalue weighted by Crippen LogP contribution is -2.49. The van der Waals surface area contributed by atoms with E-state index in [1.807, 2.05) is 13.0 Å². The van der Waals surface area contributed by atoms with E-state index in [2.05, 4.69) is 15.9 Å². The van der Waals surface area contributed by atoms with E-state index in [4.69, 9.17) is 0 Å². The Hall–Kier alpha value is -1.36. The van der Waals surface area contributed by atoms with Crippen molar-refractivity contribution in [3.8, 4) is 0 Å². The third-order valence-corrected chi connectivity index (χ3v) is 3.46. The Morgan fingerprint density at radius 2 is 2.22 bits per heavy atom. The first-order valence-corrected chi connectivity index (χ1v) is 6.47. The molecule has 0 saturated carbocycles. The highest BCUT2D eigenvalue weighted by atomic mass is 79.9. The molecule has 0 aliphatic carbocycles. The first kappa shape index (κ1) is 14.7. The van der Waals surface area contributed by atoms with E-state index < -0.39 is 11.5 Å². The highest BCUT2D eigenvalue weighted by Crippen LogP contribution is 2.29. The summed E-state index contributed by atoms with van der Waals surface area (Å²) in [5, 5.41) is 9.49. The number of nitrogens with zero attached hydrogens (tertiary/aromatic N) is 1. The Kier molecular flexibility index (Phi) is 4.90. The molecule has 1 N–H and O–H groups in total. The summed E-state index contributed by atoms with van der Waals surface area (Å²) in [4.78, 5) is 24.1. The standard InChI is InChI=1S/C13H16BrNO3/c1-3-7-15(9-16)13(2,12(17)18)10-5-4-6-11(14)8-10/h4-6,8-9H,3,7H2,1-2H3,(H,17,18). The zero-order valence-electron chi connectivity index (χ0n) is 10.4. The van der Waals surface area contributed by atoms with Crippen LogP contribution in [-0.4, -0.2) is 28.9 Å². The third kappa shape index (κ3) is 2.72. The monoisotopic (exact) mass is 313 g/mol. The minimum absolute atomic E-state index is 0.402. The van der Waals surface area contributed by atoms with Crippen molar-refractivity contribution in [2.24, 2.45) is 0 Å². The molecule has 0 heterocycles. The van der Waals surface area contributed by atoms with Crippen LogP contribution in [0.3, 0.4) is 0 Å². The van der Waals surface area contributed by atoms with Gasteiger partial charge in [-0.1, -0.05) is 35.0 Å². The van der Waals surface area contributed by atoms with Gasteiger partial charge in [-0.2, -0.15) is 0 Å². The molecule has 1 amide bonds. The molecule has 0 bridgehead atoms. The van der Waals surface area contributed by atoms with Crippen molar-refractivity contribution in [2.45, 2.75) is 25.8 Å². The predicted molar refractivity (Wildman–Crippen MR) is 72.2 cm³/mol. The first-order chi connectivity index (χ1) is 8.46. The minimum atomic E-state index is -1.35. The number of rotatable bonds is 6. The Balaban J connectivity index is 3.30. The zero-order valence-corrected chi connectivity index (χ0v) is 12.0. The first-order valence-electron chi connectivity index (χ1n) is 5.68. The second-order valence-corrected chi connectivity index (χ2v) is 5.10. The molecule has 0 saturated heterocycles. The molecule has 1 unspecified atom stereocenters. The van der Waals surface area contributed by atoms with E-state index >= 15 is 0 Å². The van der Waals surface area contributed by atoms with Crippen molar-refractivity contribution in [3.05, 3.63) is 34.3 Å². The number of hydrogen-bond donors (Lipinski definition) is 1. The number of carbonyl (C=O) groups excluding carboxylic acids is 1. The van der Waals surface area contributed by atoms with Crippen LogP contribution in [-0.2, 0) is 15.1 Å². The number of aliphatic carboxylic acids is 1. The minimum Gasteiger partial charge on any atom is -0.479 e. The van der Waals surface area contributed by atoms with Gasteiger partial charge in [0.05, 0.1) is 0 Å². The van der Waals surface area contributed by atoms with Crippen LogP contribution in [0.25, 0.3) is 0 Å². The van der Waals surface area contributed by atoms with Crippen molar-refractivity contribution in [3.63, 3.8) is 0 Å². The van der Waals surface area contributed by atoms with Crippen LogP contribution < -0.4 is 0 Å². The van der Waals surface area contributed by atoms with Crippen LogP contribution in [0, 0.1) is 0 Å². The van der Waals surface area contributed by atoms with Gasteiger partial charge >= 0.3 is 5.97 Å². The van der Waals surface area contributed by atoms with E-state index in [-0.39, 0.29) is 0 Å². The highest BCUT2D eigenvalue weighted by Gasteiger charge is 2.40. The summed E-state index contributed by atoms with van der Waals surface area (Å²) in [6.07, 6.45) is 1.30. The van der Waals surface area contributed by atoms with Gasteiger partial charge in [0.25, 0.3) is 0 Å². The summed E-state index contributed by atoms with van der Waals surface area (Å²) in [5.41, 5.74) is -0.772. The fraction of sp³-hybridized carbons (Fsp3) is 0.385. The summed E-state index contributed by atoms with van der Waals surface area (Å²) < 4.78 is 0.787. The van der Waals surface area contributed by atoms with Crippen LogP contribution in [0.1, 0.15) is 25.8 Å². The van der Waals surface area contributed by atoms with Gasteiger partial charge in [-0.3, -0.25) is 4.79 Å². The molecular formula is C13H16BrNO3. The largest absolute Gasteiger partial charge is 0.479 e. The van der Waals surface area contributed by atoms with Gasteiger partial charge in [-0.25, -0.2) is 4.79 Å². The second-order valence-electron chi connectivity index (χ2n) is 4.19. The summed E-state index contributed by atoms with van der Waals surface area (Å²) in [5.74, 6) is -1.04. The number of carboxylic acid groups (broad SMARTS) is 1. The Bertz CT molecular complexity index is 450. The molecule has 0 aliphatic heterocycles. The molecule has 18 heavy (non-hydrogen) atoms. The maximum atomic E-state index is 11.6. The maximum Gasteiger partial charge on any atom is 0.334 e. The third-order valence-electron chi connectivity index (χ3n) is 2.97. The number of halogens is 1. The van der Waals surface area contributed by atoms with Gasteiger partial charge in [0.15, 0.2) is 5.54 Å². The smallest absolute Gasteiger partial charge is 0.334 e. The van der Waals surface area contributed by atoms with E-state index in [0.717, 1.165) is 4.47 Å². The molecule has 0 aliphatic rings. The van der Waals surface area contributed by atoms with E-state index in [1.165, 1.54) is 4.90 Å². The van der Waals surface area contributed by atoms with Gasteiger partial charge in [0, 0.05) is 11.0 Å². The normalized spacial score (nSPS) is 13.7. The summed E-state index contributed by atoms with van der Waals surface area (Å²) >= 11 is 3.31. The lowest BCUT2D eigenvalue weighted by molar-refractivity contribution is -0.154. The lowest BCUT2D eigenvalue weighted by Gasteiger charge is -2.35. The van der Waals surface area contributed by atoms with Crippen molar-refractivity contribution in [1.82, 2.24) is 4.90 Å². The molecule has 0 radical (unpaired) electrons. The lowest BCUT2D eigenvalue weighted by atomic mass is 9.90. The highest BCUT2D eigenvalue weighted by molar-refractivity contribution is 9.10. The Morgan fingerprint density at radius 1 is 1.56 bits per heavy atom. The van der Waals surface area contributed by atoms with Gasteiger partial charge in [0.2, 0.25) is 6.41 Å². The van der Waals surface area contributed by atoms with Crippen LogP contribution in [0.4, 0.5) is 0 Å². The van der Waals surface area contributed by atoms with Crippen LogP contribution in [0.2, 0.25) is 0 Å². The number of amides is 1. The average molecular weight is 314 g/mol. The Morgan fingerprint density at radius 3 is 2.67 bits per heavy atom. The molecule has 0 aromatic heterocycles. The molecule has 0 spiro atoms. The van der Waals surface area contributed by atoms with Crippen molar-refractivity contribution >= 4 is 28.3 Å².